The first-order valence-electron chi connectivity index (χ1n) is 10.9. The Balaban J connectivity index is 1.30. The molecule has 2 heterocycles. The van der Waals surface area contributed by atoms with Crippen LogP contribution in [0.1, 0.15) is 25.7 Å². The van der Waals surface area contributed by atoms with Crippen LogP contribution in [0.25, 0.3) is 0 Å². The van der Waals surface area contributed by atoms with Crippen LogP contribution in [-0.2, 0) is 9.59 Å². The number of halogens is 1. The fourth-order valence-electron chi connectivity index (χ4n) is 4.23. The highest BCUT2D eigenvalue weighted by Crippen LogP contribution is 2.32. The van der Waals surface area contributed by atoms with Crippen molar-refractivity contribution in [3.63, 3.8) is 0 Å². The number of ether oxygens (including phenoxy) is 1. The zero-order valence-electron chi connectivity index (χ0n) is 17.6. The van der Waals surface area contributed by atoms with Crippen LogP contribution in [0, 0.1) is 11.7 Å². The molecule has 0 aromatic heterocycles. The van der Waals surface area contributed by atoms with Crippen molar-refractivity contribution in [2.45, 2.75) is 25.7 Å². The van der Waals surface area contributed by atoms with E-state index in [9.17, 15) is 14.0 Å². The van der Waals surface area contributed by atoms with Crippen LogP contribution in [0.3, 0.4) is 0 Å². The monoisotopic (exact) mass is 425 g/mol. The standard InChI is InChI=1S/C24H28FN3O3/c25-20-9-6-10-21(27-13-4-5-14-27)23(20)26-24(30)18-11-15-28(16-12-18)22(29)17-31-19-7-2-1-3-8-19/h1-3,6-10,18H,4-5,11-17H2,(H,26,30). The van der Waals surface area contributed by atoms with Crippen molar-refractivity contribution >= 4 is 23.2 Å². The smallest absolute Gasteiger partial charge is 0.260 e. The average molecular weight is 426 g/mol. The number of hydrogen-bond acceptors (Lipinski definition) is 4. The largest absolute Gasteiger partial charge is 0.484 e. The molecule has 2 saturated heterocycles. The Labute approximate surface area is 182 Å². The lowest BCUT2D eigenvalue weighted by atomic mass is 9.95. The van der Waals surface area contributed by atoms with Gasteiger partial charge < -0.3 is 19.9 Å². The Morgan fingerprint density at radius 1 is 0.968 bits per heavy atom. The molecule has 0 aliphatic carbocycles. The molecule has 7 heteroatoms. The summed E-state index contributed by atoms with van der Waals surface area (Å²) in [6.45, 7) is 2.71. The summed E-state index contributed by atoms with van der Waals surface area (Å²) in [7, 11) is 0. The van der Waals surface area contributed by atoms with Gasteiger partial charge in [-0.05, 0) is 49.9 Å². The molecule has 0 atom stereocenters. The highest BCUT2D eigenvalue weighted by atomic mass is 19.1. The molecule has 0 spiro atoms. The van der Waals surface area contributed by atoms with Crippen LogP contribution in [0.15, 0.2) is 48.5 Å². The maximum atomic E-state index is 14.5. The van der Waals surface area contributed by atoms with Crippen LogP contribution >= 0.6 is 0 Å². The molecule has 2 aliphatic rings. The molecule has 164 valence electrons. The third-order valence-corrected chi connectivity index (χ3v) is 6.01. The van der Waals surface area contributed by atoms with Gasteiger partial charge in [0.2, 0.25) is 5.91 Å². The van der Waals surface area contributed by atoms with Crippen molar-refractivity contribution in [3.05, 3.63) is 54.3 Å². The molecular formula is C24H28FN3O3. The predicted octanol–water partition coefficient (Wildman–Crippen LogP) is 3.68. The van der Waals surface area contributed by atoms with Crippen LogP contribution in [-0.4, -0.2) is 49.5 Å². The Morgan fingerprint density at radius 3 is 2.39 bits per heavy atom. The Hall–Kier alpha value is -3.09. The minimum absolute atomic E-state index is 0.0186. The summed E-state index contributed by atoms with van der Waals surface area (Å²) in [4.78, 5) is 29.1. The van der Waals surface area contributed by atoms with Crippen LogP contribution < -0.4 is 15.0 Å². The lowest BCUT2D eigenvalue weighted by molar-refractivity contribution is -0.136. The number of nitrogens with one attached hydrogen (secondary N) is 1. The molecule has 0 bridgehead atoms. The van der Waals surface area contributed by atoms with E-state index in [1.165, 1.54) is 6.07 Å². The van der Waals surface area contributed by atoms with Gasteiger partial charge >= 0.3 is 0 Å². The second kappa shape index (κ2) is 9.81. The van der Waals surface area contributed by atoms with Gasteiger partial charge in [0.25, 0.3) is 5.91 Å². The molecular weight excluding hydrogens is 397 g/mol. The van der Waals surface area contributed by atoms with Gasteiger partial charge in [-0.15, -0.1) is 0 Å². The lowest BCUT2D eigenvalue weighted by Crippen LogP contribution is -2.43. The highest BCUT2D eigenvalue weighted by Gasteiger charge is 2.29. The van der Waals surface area contributed by atoms with E-state index in [1.54, 1.807) is 11.0 Å². The van der Waals surface area contributed by atoms with Gasteiger partial charge in [-0.2, -0.15) is 0 Å². The van der Waals surface area contributed by atoms with Gasteiger partial charge in [0, 0.05) is 32.1 Å². The maximum Gasteiger partial charge on any atom is 0.260 e. The molecule has 2 amide bonds. The van der Waals surface area contributed by atoms with E-state index in [0.29, 0.717) is 31.7 Å². The van der Waals surface area contributed by atoms with E-state index >= 15 is 0 Å². The molecule has 4 rings (SSSR count). The van der Waals surface area contributed by atoms with E-state index in [4.69, 9.17) is 4.74 Å². The second-order valence-corrected chi connectivity index (χ2v) is 8.07. The van der Waals surface area contributed by atoms with Crippen LogP contribution in [0.5, 0.6) is 5.75 Å². The molecule has 2 fully saturated rings. The number of likely N-dealkylation sites (tertiary alicyclic amines) is 1. The van der Waals surface area contributed by atoms with E-state index in [-0.39, 0.29) is 30.0 Å². The number of hydrogen-bond donors (Lipinski definition) is 1. The number of carbonyl (C=O) groups is 2. The van der Waals surface area contributed by atoms with Gasteiger partial charge in [-0.3, -0.25) is 9.59 Å². The number of piperidine rings is 1. The highest BCUT2D eigenvalue weighted by molar-refractivity contribution is 5.96. The molecule has 6 nitrogen and oxygen atoms in total. The zero-order valence-corrected chi connectivity index (χ0v) is 17.6. The van der Waals surface area contributed by atoms with Crippen molar-refractivity contribution in [2.75, 3.05) is 43.0 Å². The van der Waals surface area contributed by atoms with Crippen LogP contribution in [0.2, 0.25) is 0 Å². The third kappa shape index (κ3) is 5.16. The van der Waals surface area contributed by atoms with E-state index in [2.05, 4.69) is 10.2 Å². The van der Waals surface area contributed by atoms with Gasteiger partial charge in [0.1, 0.15) is 17.3 Å². The zero-order chi connectivity index (χ0) is 21.6. The van der Waals surface area contributed by atoms with Crippen molar-refractivity contribution in [1.82, 2.24) is 4.90 Å². The van der Waals surface area contributed by atoms with Crippen molar-refractivity contribution < 1.29 is 18.7 Å². The Bertz CT molecular complexity index is 908. The van der Waals surface area contributed by atoms with Crippen molar-refractivity contribution in [3.8, 4) is 5.75 Å². The van der Waals surface area contributed by atoms with E-state index in [0.717, 1.165) is 31.6 Å². The average Bonchev–Trinajstić information content (AvgIpc) is 3.34. The van der Waals surface area contributed by atoms with Gasteiger partial charge in [0.15, 0.2) is 6.61 Å². The lowest BCUT2D eigenvalue weighted by Gasteiger charge is -2.31. The molecule has 31 heavy (non-hydrogen) atoms. The molecule has 0 unspecified atom stereocenters. The summed E-state index contributed by atoms with van der Waals surface area (Å²) in [5.41, 5.74) is 1.01. The topological polar surface area (TPSA) is 61.9 Å². The minimum atomic E-state index is -0.413. The summed E-state index contributed by atoms with van der Waals surface area (Å²) in [5.74, 6) is -0.274. The molecule has 2 aliphatic heterocycles. The molecule has 2 aromatic carbocycles. The SMILES string of the molecule is O=C(Nc1c(F)cccc1N1CCCC1)C1CCN(C(=O)COc2ccccc2)CC1. The number of amides is 2. The second-order valence-electron chi connectivity index (χ2n) is 8.07. The third-order valence-electron chi connectivity index (χ3n) is 6.01. The minimum Gasteiger partial charge on any atom is -0.484 e. The fraction of sp³-hybridized carbons (Fsp3) is 0.417. The number of nitrogens with zero attached hydrogens (tertiary/aromatic N) is 2. The first kappa shape index (κ1) is 21.2. The van der Waals surface area contributed by atoms with Crippen LogP contribution in [0.4, 0.5) is 15.8 Å². The normalized spacial score (nSPS) is 16.9. The number of rotatable bonds is 6. The summed E-state index contributed by atoms with van der Waals surface area (Å²) in [5, 5.41) is 2.83. The molecule has 0 radical (unpaired) electrons. The summed E-state index contributed by atoms with van der Waals surface area (Å²) < 4.78 is 20.0. The Kier molecular flexibility index (Phi) is 6.70. The maximum absolute atomic E-state index is 14.5. The molecule has 0 saturated carbocycles. The number of para-hydroxylation sites is 2. The van der Waals surface area contributed by atoms with Gasteiger partial charge in [-0.1, -0.05) is 24.3 Å². The van der Waals surface area contributed by atoms with E-state index in [1.807, 2.05) is 36.4 Å². The van der Waals surface area contributed by atoms with Gasteiger partial charge in [-0.25, -0.2) is 4.39 Å². The van der Waals surface area contributed by atoms with Crippen molar-refractivity contribution in [1.29, 1.82) is 0 Å². The van der Waals surface area contributed by atoms with E-state index < -0.39 is 5.82 Å². The fourth-order valence-corrected chi connectivity index (χ4v) is 4.23. The van der Waals surface area contributed by atoms with Gasteiger partial charge in [0.05, 0.1) is 5.69 Å². The quantitative estimate of drug-likeness (QED) is 0.767. The first-order valence-corrected chi connectivity index (χ1v) is 10.9. The summed E-state index contributed by atoms with van der Waals surface area (Å²) in [6, 6.07) is 14.1. The first-order chi connectivity index (χ1) is 15.1. The van der Waals surface area contributed by atoms with Crippen molar-refractivity contribution in [2.24, 2.45) is 5.92 Å². The number of carbonyl (C=O) groups excluding carboxylic acids is 2. The summed E-state index contributed by atoms with van der Waals surface area (Å²) >= 11 is 0. The Morgan fingerprint density at radius 2 is 1.68 bits per heavy atom. The predicted molar refractivity (Wildman–Crippen MR) is 118 cm³/mol. The summed E-state index contributed by atoms with van der Waals surface area (Å²) in [6.07, 6.45) is 3.25. The number of benzene rings is 2. The molecule has 2 aromatic rings. The molecule has 1 N–H and O–H groups in total. The number of anilines is 2.